The Labute approximate surface area is 144 Å². The summed E-state index contributed by atoms with van der Waals surface area (Å²) in [6.45, 7) is 2.02. The van der Waals surface area contributed by atoms with E-state index in [1.165, 1.54) is 11.8 Å². The van der Waals surface area contributed by atoms with E-state index in [0.29, 0.717) is 5.17 Å². The molecule has 4 atom stereocenters. The Balaban J connectivity index is 1.75. The number of aliphatic imine (C=N–C) groups is 2. The van der Waals surface area contributed by atoms with E-state index in [1.807, 2.05) is 31.2 Å². The second-order valence-electron chi connectivity index (χ2n) is 6.35. The standard InChI is InChI=1S/C16H19N5O2S/c1-16-12(19-20-14(16)18-15(17-2)24-16)10-11(22)8-6-4-5-7-9(8)21(3)13(10)23/h4-7,10-12,19,22H,1-3H3,(H,17,18,20). The molecule has 0 aromatic heterocycles. The third-order valence-corrected chi connectivity index (χ3v) is 6.37. The van der Waals surface area contributed by atoms with E-state index in [4.69, 9.17) is 0 Å². The molecule has 0 bridgehead atoms. The second-order valence-corrected chi connectivity index (χ2v) is 7.77. The lowest BCUT2D eigenvalue weighted by atomic mass is 9.79. The lowest BCUT2D eigenvalue weighted by Crippen LogP contribution is -2.55. The average Bonchev–Trinajstić information content (AvgIpc) is 3.07. The molecule has 4 unspecified atom stereocenters. The van der Waals surface area contributed by atoms with Crippen molar-refractivity contribution in [1.29, 1.82) is 0 Å². The molecule has 3 aliphatic heterocycles. The number of amidine groups is 2. The number of hydrogen-bond acceptors (Lipinski definition) is 6. The first-order valence-corrected chi connectivity index (χ1v) is 8.60. The van der Waals surface area contributed by atoms with E-state index < -0.39 is 16.8 Å². The van der Waals surface area contributed by atoms with Crippen LogP contribution in [0.25, 0.3) is 0 Å². The molecule has 3 heterocycles. The van der Waals surface area contributed by atoms with Gasteiger partial charge in [-0.05, 0) is 13.0 Å². The van der Waals surface area contributed by atoms with Gasteiger partial charge in [-0.15, -0.1) is 0 Å². The Morgan fingerprint density at radius 3 is 2.92 bits per heavy atom. The van der Waals surface area contributed by atoms with Crippen LogP contribution in [0.1, 0.15) is 18.6 Å². The van der Waals surface area contributed by atoms with Crippen LogP contribution >= 0.6 is 11.8 Å². The van der Waals surface area contributed by atoms with Gasteiger partial charge in [0, 0.05) is 25.3 Å². The van der Waals surface area contributed by atoms with Crippen molar-refractivity contribution in [1.82, 2.24) is 10.9 Å². The van der Waals surface area contributed by atoms with Crippen molar-refractivity contribution in [2.75, 3.05) is 19.0 Å². The van der Waals surface area contributed by atoms with Gasteiger partial charge in [-0.1, -0.05) is 30.0 Å². The number of para-hydroxylation sites is 1. The van der Waals surface area contributed by atoms with Crippen LogP contribution in [0.2, 0.25) is 0 Å². The molecule has 7 nitrogen and oxygen atoms in total. The molecule has 3 N–H and O–H groups in total. The average molecular weight is 345 g/mol. The SMILES string of the molecule is CN=C1N=C2NNC(C3C(=O)N(C)c4ccccc4C3O)C2(C)S1. The number of nitrogens with zero attached hydrogens (tertiary/aromatic N) is 3. The van der Waals surface area contributed by atoms with Crippen LogP contribution in [-0.2, 0) is 4.79 Å². The molecule has 126 valence electrons. The van der Waals surface area contributed by atoms with E-state index in [0.717, 1.165) is 17.1 Å². The highest BCUT2D eigenvalue weighted by Crippen LogP contribution is 2.47. The van der Waals surface area contributed by atoms with Gasteiger partial charge in [0.25, 0.3) is 0 Å². The van der Waals surface area contributed by atoms with Crippen molar-refractivity contribution in [3.05, 3.63) is 29.8 Å². The summed E-state index contributed by atoms with van der Waals surface area (Å²) in [4.78, 5) is 23.2. The van der Waals surface area contributed by atoms with Crippen LogP contribution in [0.3, 0.4) is 0 Å². The summed E-state index contributed by atoms with van der Waals surface area (Å²) in [5.74, 6) is 0.0314. The van der Waals surface area contributed by atoms with Crippen LogP contribution in [0.4, 0.5) is 5.69 Å². The van der Waals surface area contributed by atoms with Crippen molar-refractivity contribution in [2.24, 2.45) is 15.9 Å². The summed E-state index contributed by atoms with van der Waals surface area (Å²) in [5, 5.41) is 11.6. The minimum atomic E-state index is -0.872. The van der Waals surface area contributed by atoms with E-state index >= 15 is 0 Å². The summed E-state index contributed by atoms with van der Waals surface area (Å²) in [6, 6.07) is 7.17. The fourth-order valence-electron chi connectivity index (χ4n) is 3.68. The molecule has 8 heteroatoms. The fourth-order valence-corrected chi connectivity index (χ4v) is 4.81. The maximum Gasteiger partial charge on any atom is 0.234 e. The van der Waals surface area contributed by atoms with Crippen LogP contribution in [0.15, 0.2) is 34.3 Å². The van der Waals surface area contributed by atoms with Gasteiger partial charge in [-0.2, -0.15) is 0 Å². The van der Waals surface area contributed by atoms with Crippen LogP contribution in [0, 0.1) is 5.92 Å². The molecular formula is C16H19N5O2S. The number of carbonyl (C=O) groups is 1. The molecule has 0 spiro atoms. The molecule has 1 saturated heterocycles. The summed E-state index contributed by atoms with van der Waals surface area (Å²) in [7, 11) is 3.45. The monoisotopic (exact) mass is 345 g/mol. The molecule has 0 radical (unpaired) electrons. The number of thioether (sulfide) groups is 1. The molecule has 24 heavy (non-hydrogen) atoms. The Kier molecular flexibility index (Phi) is 3.45. The number of anilines is 1. The van der Waals surface area contributed by atoms with Gasteiger partial charge in [0.1, 0.15) is 5.84 Å². The Bertz CT molecular complexity index is 779. The van der Waals surface area contributed by atoms with E-state index in [-0.39, 0.29) is 11.9 Å². The van der Waals surface area contributed by atoms with Gasteiger partial charge in [0.05, 0.1) is 22.8 Å². The summed E-state index contributed by atoms with van der Waals surface area (Å²) in [6.07, 6.45) is -0.872. The van der Waals surface area contributed by atoms with Crippen molar-refractivity contribution in [2.45, 2.75) is 23.8 Å². The zero-order valence-electron chi connectivity index (χ0n) is 13.6. The second kappa shape index (κ2) is 5.30. The van der Waals surface area contributed by atoms with Crippen LogP contribution < -0.4 is 15.8 Å². The predicted octanol–water partition coefficient (Wildman–Crippen LogP) is 0.679. The smallest absolute Gasteiger partial charge is 0.234 e. The number of fused-ring (bicyclic) bond motifs is 2. The third kappa shape index (κ3) is 1.96. The van der Waals surface area contributed by atoms with E-state index in [2.05, 4.69) is 20.8 Å². The lowest BCUT2D eigenvalue weighted by molar-refractivity contribution is -0.128. The molecule has 3 aliphatic rings. The number of rotatable bonds is 1. The number of hydrazine groups is 1. The summed E-state index contributed by atoms with van der Waals surface area (Å²) >= 11 is 1.51. The van der Waals surface area contributed by atoms with Gasteiger partial charge in [0.15, 0.2) is 5.17 Å². The molecule has 0 saturated carbocycles. The van der Waals surface area contributed by atoms with Crippen molar-refractivity contribution >= 4 is 34.4 Å². The first-order valence-electron chi connectivity index (χ1n) is 7.78. The third-order valence-electron chi connectivity index (χ3n) is 5.04. The van der Waals surface area contributed by atoms with Crippen molar-refractivity contribution in [3.63, 3.8) is 0 Å². The quantitative estimate of drug-likeness (QED) is 0.696. The van der Waals surface area contributed by atoms with Gasteiger partial charge in [-0.25, -0.2) is 10.4 Å². The van der Waals surface area contributed by atoms with E-state index in [9.17, 15) is 9.90 Å². The van der Waals surface area contributed by atoms with Gasteiger partial charge >= 0.3 is 0 Å². The highest BCUT2D eigenvalue weighted by Gasteiger charge is 2.57. The first kappa shape index (κ1) is 15.6. The van der Waals surface area contributed by atoms with Crippen molar-refractivity contribution in [3.8, 4) is 0 Å². The summed E-state index contributed by atoms with van der Waals surface area (Å²) < 4.78 is -0.469. The Morgan fingerprint density at radius 1 is 1.42 bits per heavy atom. The fraction of sp³-hybridized carbons (Fsp3) is 0.438. The molecule has 1 fully saturated rings. The van der Waals surface area contributed by atoms with Gasteiger partial charge < -0.3 is 15.4 Å². The maximum absolute atomic E-state index is 13.0. The lowest BCUT2D eigenvalue weighted by Gasteiger charge is -2.40. The summed E-state index contributed by atoms with van der Waals surface area (Å²) in [5.41, 5.74) is 7.76. The van der Waals surface area contributed by atoms with Crippen LogP contribution in [0.5, 0.6) is 0 Å². The first-order chi connectivity index (χ1) is 11.5. The number of amides is 1. The highest BCUT2D eigenvalue weighted by molar-refractivity contribution is 8.16. The topological polar surface area (TPSA) is 89.3 Å². The number of aliphatic hydroxyl groups is 1. The number of nitrogens with one attached hydrogen (secondary N) is 2. The minimum absolute atomic E-state index is 0.106. The van der Waals surface area contributed by atoms with Crippen LogP contribution in [-0.4, -0.2) is 46.9 Å². The maximum atomic E-state index is 13.0. The number of benzene rings is 1. The molecule has 1 aromatic rings. The number of carbonyl (C=O) groups excluding carboxylic acids is 1. The largest absolute Gasteiger partial charge is 0.387 e. The molecule has 0 aliphatic carbocycles. The van der Waals surface area contributed by atoms with E-state index in [1.54, 1.807) is 19.0 Å². The molecule has 1 amide bonds. The predicted molar refractivity (Wildman–Crippen MR) is 95.2 cm³/mol. The molecular weight excluding hydrogens is 326 g/mol. The molecule has 4 rings (SSSR count). The highest BCUT2D eigenvalue weighted by atomic mass is 32.2. The molecule has 1 aromatic carbocycles. The number of hydrogen-bond donors (Lipinski definition) is 3. The van der Waals surface area contributed by atoms with Gasteiger partial charge in [0.2, 0.25) is 5.91 Å². The zero-order valence-corrected chi connectivity index (χ0v) is 14.5. The normalized spacial score (nSPS) is 36.4. The van der Waals surface area contributed by atoms with Gasteiger partial charge in [-0.3, -0.25) is 9.79 Å². The van der Waals surface area contributed by atoms with Crippen molar-refractivity contribution < 1.29 is 9.90 Å². The Hall–Kier alpha value is -1.90. The number of aliphatic hydroxyl groups excluding tert-OH is 1. The zero-order chi connectivity index (χ0) is 17.1. The Morgan fingerprint density at radius 2 is 2.17 bits per heavy atom. The minimum Gasteiger partial charge on any atom is -0.387 e.